The van der Waals surface area contributed by atoms with Gasteiger partial charge >= 0.3 is 0 Å². The zero-order chi connectivity index (χ0) is 13.1. The number of nitrogens with zero attached hydrogens (tertiary/aromatic N) is 3. The zero-order valence-electron chi connectivity index (χ0n) is 9.80. The molecule has 0 bridgehead atoms. The molecule has 0 aliphatic heterocycles. The van der Waals surface area contributed by atoms with Gasteiger partial charge in [0.25, 0.3) is 5.69 Å². The Labute approximate surface area is 102 Å². The Morgan fingerprint density at radius 1 is 1.39 bits per heavy atom. The van der Waals surface area contributed by atoms with Gasteiger partial charge in [-0.05, 0) is 6.92 Å². The molecule has 0 aliphatic carbocycles. The number of pyridine rings is 1. The van der Waals surface area contributed by atoms with Gasteiger partial charge in [0.1, 0.15) is 5.82 Å². The number of nitro groups is 1. The summed E-state index contributed by atoms with van der Waals surface area (Å²) in [7, 11) is 1.62. The van der Waals surface area contributed by atoms with Crippen LogP contribution in [0, 0.1) is 17.0 Å². The van der Waals surface area contributed by atoms with Crippen molar-refractivity contribution in [3.8, 4) is 11.8 Å². The number of H-pyrrole nitrogens is 1. The molecule has 94 valence electrons. The Kier molecular flexibility index (Phi) is 3.09. The monoisotopic (exact) mass is 249 g/mol. The SMILES string of the molecule is CNc1cc([N+](=O)[O-])cc(Oc2cc(C)[nH]n2)n1. The second kappa shape index (κ2) is 4.70. The molecule has 0 fully saturated rings. The van der Waals surface area contributed by atoms with Crippen molar-refractivity contribution >= 4 is 11.5 Å². The van der Waals surface area contributed by atoms with Gasteiger partial charge in [-0.25, -0.2) is 0 Å². The van der Waals surface area contributed by atoms with Gasteiger partial charge in [-0.2, -0.15) is 4.98 Å². The number of hydrogen-bond donors (Lipinski definition) is 2. The van der Waals surface area contributed by atoms with Crippen LogP contribution in [0.2, 0.25) is 0 Å². The van der Waals surface area contributed by atoms with E-state index in [0.717, 1.165) is 5.69 Å². The van der Waals surface area contributed by atoms with Gasteiger partial charge in [0.05, 0.1) is 17.1 Å². The van der Waals surface area contributed by atoms with Crippen LogP contribution >= 0.6 is 0 Å². The van der Waals surface area contributed by atoms with Gasteiger partial charge in [-0.15, -0.1) is 5.10 Å². The minimum Gasteiger partial charge on any atom is -0.419 e. The lowest BCUT2D eigenvalue weighted by Gasteiger charge is -2.04. The third kappa shape index (κ3) is 2.54. The van der Waals surface area contributed by atoms with E-state index in [-0.39, 0.29) is 11.6 Å². The normalized spacial score (nSPS) is 10.1. The zero-order valence-corrected chi connectivity index (χ0v) is 9.80. The number of ether oxygens (including phenoxy) is 1. The van der Waals surface area contributed by atoms with Crippen molar-refractivity contribution in [3.05, 3.63) is 34.0 Å². The highest BCUT2D eigenvalue weighted by atomic mass is 16.6. The van der Waals surface area contributed by atoms with Crippen LogP contribution in [-0.4, -0.2) is 27.2 Å². The predicted molar refractivity (Wildman–Crippen MR) is 63.8 cm³/mol. The molecular weight excluding hydrogens is 238 g/mol. The summed E-state index contributed by atoms with van der Waals surface area (Å²) in [6, 6.07) is 4.23. The number of rotatable bonds is 4. The summed E-state index contributed by atoms with van der Waals surface area (Å²) in [5, 5.41) is 20.0. The summed E-state index contributed by atoms with van der Waals surface area (Å²) in [4.78, 5) is 14.3. The van der Waals surface area contributed by atoms with Crippen molar-refractivity contribution < 1.29 is 9.66 Å². The van der Waals surface area contributed by atoms with Crippen molar-refractivity contribution in [2.45, 2.75) is 6.92 Å². The minimum atomic E-state index is -0.509. The maximum Gasteiger partial charge on any atom is 0.278 e. The minimum absolute atomic E-state index is 0.100. The van der Waals surface area contributed by atoms with Crippen molar-refractivity contribution in [3.63, 3.8) is 0 Å². The molecule has 2 heterocycles. The molecule has 0 radical (unpaired) electrons. The first kappa shape index (κ1) is 11.8. The summed E-state index contributed by atoms with van der Waals surface area (Å²) in [5.41, 5.74) is 0.723. The summed E-state index contributed by atoms with van der Waals surface area (Å²) >= 11 is 0. The maximum absolute atomic E-state index is 10.8. The lowest BCUT2D eigenvalue weighted by Crippen LogP contribution is -1.98. The van der Waals surface area contributed by atoms with Gasteiger partial charge in [0, 0.05) is 18.8 Å². The molecule has 0 amide bonds. The van der Waals surface area contributed by atoms with E-state index in [1.165, 1.54) is 12.1 Å². The third-order valence-electron chi connectivity index (χ3n) is 2.15. The number of aryl methyl sites for hydroxylation is 1. The smallest absolute Gasteiger partial charge is 0.278 e. The molecule has 8 heteroatoms. The summed E-state index contributed by atoms with van der Waals surface area (Å²) in [6.45, 7) is 1.82. The van der Waals surface area contributed by atoms with E-state index in [2.05, 4.69) is 20.5 Å². The van der Waals surface area contributed by atoms with Gasteiger partial charge in [-0.1, -0.05) is 0 Å². The van der Waals surface area contributed by atoms with Gasteiger partial charge in [0.15, 0.2) is 0 Å². The molecule has 0 spiro atoms. The topological polar surface area (TPSA) is 106 Å². The lowest BCUT2D eigenvalue weighted by atomic mass is 10.4. The Hall–Kier alpha value is -2.64. The highest BCUT2D eigenvalue weighted by molar-refractivity contribution is 5.48. The molecule has 0 unspecified atom stereocenters. The van der Waals surface area contributed by atoms with Crippen LogP contribution in [0.25, 0.3) is 0 Å². The van der Waals surface area contributed by atoms with Gasteiger partial charge < -0.3 is 10.1 Å². The molecule has 0 aliphatic rings. The van der Waals surface area contributed by atoms with Crippen LogP contribution in [0.4, 0.5) is 11.5 Å². The average Bonchev–Trinajstić information content (AvgIpc) is 2.74. The van der Waals surface area contributed by atoms with Crippen molar-refractivity contribution in [1.82, 2.24) is 15.2 Å². The fraction of sp³-hybridized carbons (Fsp3) is 0.200. The third-order valence-corrected chi connectivity index (χ3v) is 2.15. The van der Waals surface area contributed by atoms with E-state index in [1.807, 2.05) is 6.92 Å². The molecule has 8 nitrogen and oxygen atoms in total. The van der Waals surface area contributed by atoms with Gasteiger partial charge in [0.2, 0.25) is 11.8 Å². The van der Waals surface area contributed by atoms with Crippen molar-refractivity contribution in [2.24, 2.45) is 0 Å². The highest BCUT2D eigenvalue weighted by Crippen LogP contribution is 2.25. The Balaban J connectivity index is 2.32. The van der Waals surface area contributed by atoms with E-state index in [4.69, 9.17) is 4.74 Å². The van der Waals surface area contributed by atoms with E-state index >= 15 is 0 Å². The maximum atomic E-state index is 10.8. The standard InChI is InChI=1S/C10H11N5O3/c1-6-3-10(14-13-6)18-9-5-7(15(16)17)4-8(11-2)12-9/h3-5H,1-2H3,(H,11,12)(H,13,14). The molecule has 18 heavy (non-hydrogen) atoms. The van der Waals surface area contributed by atoms with E-state index < -0.39 is 4.92 Å². The van der Waals surface area contributed by atoms with Crippen molar-refractivity contribution in [2.75, 3.05) is 12.4 Å². The molecule has 0 saturated heterocycles. The van der Waals surface area contributed by atoms with E-state index in [9.17, 15) is 10.1 Å². The number of hydrogen-bond acceptors (Lipinski definition) is 6. The first-order valence-corrected chi connectivity index (χ1v) is 5.12. The molecule has 0 atom stereocenters. The lowest BCUT2D eigenvalue weighted by molar-refractivity contribution is -0.384. The Morgan fingerprint density at radius 3 is 2.72 bits per heavy atom. The largest absolute Gasteiger partial charge is 0.419 e. The van der Waals surface area contributed by atoms with Crippen LogP contribution in [0.5, 0.6) is 11.8 Å². The molecule has 2 aromatic rings. The fourth-order valence-electron chi connectivity index (χ4n) is 1.33. The second-order valence-corrected chi connectivity index (χ2v) is 3.55. The van der Waals surface area contributed by atoms with Crippen LogP contribution in [0.1, 0.15) is 5.69 Å². The number of aromatic amines is 1. The van der Waals surface area contributed by atoms with Crippen LogP contribution in [0.3, 0.4) is 0 Å². The quantitative estimate of drug-likeness (QED) is 0.632. The predicted octanol–water partition coefficient (Wildman–Crippen LogP) is 1.86. The van der Waals surface area contributed by atoms with E-state index in [0.29, 0.717) is 11.7 Å². The first-order valence-electron chi connectivity index (χ1n) is 5.12. The van der Waals surface area contributed by atoms with Crippen LogP contribution in [0.15, 0.2) is 18.2 Å². The Morgan fingerprint density at radius 2 is 2.17 bits per heavy atom. The molecule has 0 saturated carbocycles. The first-order chi connectivity index (χ1) is 8.58. The number of anilines is 1. The van der Waals surface area contributed by atoms with Gasteiger partial charge in [-0.3, -0.25) is 15.2 Å². The van der Waals surface area contributed by atoms with Crippen molar-refractivity contribution in [1.29, 1.82) is 0 Å². The Bertz CT molecular complexity index is 581. The summed E-state index contributed by atoms with van der Waals surface area (Å²) in [5.74, 6) is 0.772. The fourth-order valence-corrected chi connectivity index (χ4v) is 1.33. The van der Waals surface area contributed by atoms with Crippen LogP contribution in [-0.2, 0) is 0 Å². The van der Waals surface area contributed by atoms with Crippen LogP contribution < -0.4 is 10.1 Å². The average molecular weight is 249 g/mol. The summed E-state index contributed by atoms with van der Waals surface area (Å²) in [6.07, 6.45) is 0. The molecular formula is C10H11N5O3. The number of nitrogens with one attached hydrogen (secondary N) is 2. The number of aromatic nitrogens is 3. The molecule has 2 aromatic heterocycles. The molecule has 2 rings (SSSR count). The molecule has 2 N–H and O–H groups in total. The second-order valence-electron chi connectivity index (χ2n) is 3.55. The molecule has 0 aromatic carbocycles. The summed E-state index contributed by atoms with van der Waals surface area (Å²) < 4.78 is 5.33. The highest BCUT2D eigenvalue weighted by Gasteiger charge is 2.12. The van der Waals surface area contributed by atoms with E-state index in [1.54, 1.807) is 13.1 Å².